The van der Waals surface area contributed by atoms with E-state index in [9.17, 15) is 4.79 Å². The van der Waals surface area contributed by atoms with Crippen LogP contribution in [0.5, 0.6) is 5.75 Å². The first-order valence-electron chi connectivity index (χ1n) is 8.55. The molecule has 0 aromatic heterocycles. The van der Waals surface area contributed by atoms with E-state index in [0.717, 1.165) is 37.2 Å². The van der Waals surface area contributed by atoms with Gasteiger partial charge in [0.25, 0.3) is 5.91 Å². The molecule has 0 N–H and O–H groups in total. The predicted molar refractivity (Wildman–Crippen MR) is 90.4 cm³/mol. The molecule has 1 amide bonds. The van der Waals surface area contributed by atoms with E-state index in [1.54, 1.807) is 0 Å². The van der Waals surface area contributed by atoms with Gasteiger partial charge in [-0.1, -0.05) is 38.8 Å². The first kappa shape index (κ1) is 16.9. The van der Waals surface area contributed by atoms with Gasteiger partial charge in [-0.2, -0.15) is 0 Å². The SMILES string of the molecule is Cc1ccc(C(C)C)c(O[C@H](C)C(=O)N2CCCCCC2)c1. The number of rotatable bonds is 4. The minimum Gasteiger partial charge on any atom is -0.481 e. The molecule has 1 fully saturated rings. The number of carbonyl (C=O) groups excluding carboxylic acids is 1. The Bertz CT molecular complexity index is 502. The molecule has 1 aromatic carbocycles. The first-order valence-corrected chi connectivity index (χ1v) is 8.55. The average molecular weight is 303 g/mol. The Labute approximate surface area is 134 Å². The number of hydrogen-bond donors (Lipinski definition) is 0. The highest BCUT2D eigenvalue weighted by Crippen LogP contribution is 2.28. The number of amides is 1. The summed E-state index contributed by atoms with van der Waals surface area (Å²) in [6, 6.07) is 6.25. The average Bonchev–Trinajstić information content (AvgIpc) is 2.75. The molecule has 3 nitrogen and oxygen atoms in total. The van der Waals surface area contributed by atoms with Gasteiger partial charge in [0.15, 0.2) is 6.10 Å². The van der Waals surface area contributed by atoms with Crippen molar-refractivity contribution in [1.82, 2.24) is 4.90 Å². The second-order valence-corrected chi connectivity index (χ2v) is 6.70. The Kier molecular flexibility index (Phi) is 5.87. The highest BCUT2D eigenvalue weighted by Gasteiger charge is 2.23. The Morgan fingerprint density at radius 1 is 1.09 bits per heavy atom. The number of likely N-dealkylation sites (tertiary alicyclic amines) is 1. The maximum atomic E-state index is 12.6. The summed E-state index contributed by atoms with van der Waals surface area (Å²) >= 11 is 0. The van der Waals surface area contributed by atoms with Crippen molar-refractivity contribution >= 4 is 5.91 Å². The molecule has 1 heterocycles. The predicted octanol–water partition coefficient (Wildman–Crippen LogP) is 4.29. The Hall–Kier alpha value is -1.51. The van der Waals surface area contributed by atoms with Gasteiger partial charge in [0.2, 0.25) is 0 Å². The lowest BCUT2D eigenvalue weighted by molar-refractivity contribution is -0.137. The zero-order chi connectivity index (χ0) is 16.1. The number of nitrogens with zero attached hydrogens (tertiary/aromatic N) is 1. The lowest BCUT2D eigenvalue weighted by Gasteiger charge is -2.25. The summed E-state index contributed by atoms with van der Waals surface area (Å²) < 4.78 is 6.05. The van der Waals surface area contributed by atoms with Crippen molar-refractivity contribution < 1.29 is 9.53 Å². The largest absolute Gasteiger partial charge is 0.481 e. The van der Waals surface area contributed by atoms with E-state index in [1.807, 2.05) is 17.9 Å². The summed E-state index contributed by atoms with van der Waals surface area (Å²) in [4.78, 5) is 14.6. The zero-order valence-electron chi connectivity index (χ0n) is 14.4. The molecule has 3 heteroatoms. The molecule has 0 saturated carbocycles. The van der Waals surface area contributed by atoms with Crippen LogP contribution in [0.25, 0.3) is 0 Å². The molecule has 2 rings (SSSR count). The van der Waals surface area contributed by atoms with Crippen molar-refractivity contribution in [1.29, 1.82) is 0 Å². The quantitative estimate of drug-likeness (QED) is 0.830. The van der Waals surface area contributed by atoms with E-state index < -0.39 is 6.10 Å². The molecule has 122 valence electrons. The highest BCUT2D eigenvalue weighted by molar-refractivity contribution is 5.81. The van der Waals surface area contributed by atoms with Crippen LogP contribution < -0.4 is 4.74 Å². The Morgan fingerprint density at radius 3 is 2.32 bits per heavy atom. The number of aryl methyl sites for hydroxylation is 1. The topological polar surface area (TPSA) is 29.5 Å². The number of benzene rings is 1. The van der Waals surface area contributed by atoms with E-state index in [2.05, 4.69) is 32.9 Å². The van der Waals surface area contributed by atoms with Gasteiger partial charge in [-0.15, -0.1) is 0 Å². The molecule has 0 radical (unpaired) electrons. The molecule has 0 bridgehead atoms. The van der Waals surface area contributed by atoms with Crippen LogP contribution >= 0.6 is 0 Å². The normalized spacial score (nSPS) is 17.2. The molecule has 0 spiro atoms. The summed E-state index contributed by atoms with van der Waals surface area (Å²) in [6.07, 6.45) is 4.26. The fourth-order valence-electron chi connectivity index (χ4n) is 3.01. The van der Waals surface area contributed by atoms with Crippen LogP contribution in [0.1, 0.15) is 63.5 Å². The summed E-state index contributed by atoms with van der Waals surface area (Å²) in [5.41, 5.74) is 2.33. The zero-order valence-corrected chi connectivity index (χ0v) is 14.4. The molecule has 0 unspecified atom stereocenters. The summed E-state index contributed by atoms with van der Waals surface area (Å²) in [5, 5.41) is 0. The summed E-state index contributed by atoms with van der Waals surface area (Å²) in [6.45, 7) is 9.98. The first-order chi connectivity index (χ1) is 10.5. The van der Waals surface area contributed by atoms with Crippen molar-refractivity contribution in [2.45, 2.75) is 65.4 Å². The van der Waals surface area contributed by atoms with Gasteiger partial charge >= 0.3 is 0 Å². The monoisotopic (exact) mass is 303 g/mol. The number of hydrogen-bond acceptors (Lipinski definition) is 2. The van der Waals surface area contributed by atoms with E-state index >= 15 is 0 Å². The third kappa shape index (κ3) is 4.25. The van der Waals surface area contributed by atoms with Crippen LogP contribution in [0, 0.1) is 6.92 Å². The second kappa shape index (κ2) is 7.66. The van der Waals surface area contributed by atoms with Crippen LogP contribution in [0.2, 0.25) is 0 Å². The third-order valence-corrected chi connectivity index (χ3v) is 4.36. The molecule has 0 aliphatic carbocycles. The van der Waals surface area contributed by atoms with E-state index in [-0.39, 0.29) is 5.91 Å². The van der Waals surface area contributed by atoms with Crippen LogP contribution in [0.15, 0.2) is 18.2 Å². The minimum atomic E-state index is -0.419. The molecule has 1 aliphatic heterocycles. The van der Waals surface area contributed by atoms with E-state index in [0.29, 0.717) is 5.92 Å². The van der Waals surface area contributed by atoms with E-state index in [1.165, 1.54) is 18.4 Å². The van der Waals surface area contributed by atoms with Crippen molar-refractivity contribution in [3.8, 4) is 5.75 Å². The molecule has 1 aromatic rings. The fraction of sp³-hybridized carbons (Fsp3) is 0.632. The third-order valence-electron chi connectivity index (χ3n) is 4.36. The lowest BCUT2D eigenvalue weighted by Crippen LogP contribution is -2.41. The van der Waals surface area contributed by atoms with Crippen molar-refractivity contribution in [3.63, 3.8) is 0 Å². The standard InChI is InChI=1S/C19H29NO2/c1-14(2)17-10-9-15(3)13-18(17)22-16(4)19(21)20-11-7-5-6-8-12-20/h9-10,13-14,16H,5-8,11-12H2,1-4H3/t16-/m1/s1. The molecular formula is C19H29NO2. The smallest absolute Gasteiger partial charge is 0.263 e. The van der Waals surface area contributed by atoms with Gasteiger partial charge in [-0.3, -0.25) is 4.79 Å². The maximum absolute atomic E-state index is 12.6. The van der Waals surface area contributed by atoms with Gasteiger partial charge in [0.1, 0.15) is 5.75 Å². The summed E-state index contributed by atoms with van der Waals surface area (Å²) in [7, 11) is 0. The number of ether oxygens (including phenoxy) is 1. The summed E-state index contributed by atoms with van der Waals surface area (Å²) in [5.74, 6) is 1.36. The van der Waals surface area contributed by atoms with Gasteiger partial charge in [-0.25, -0.2) is 0 Å². The maximum Gasteiger partial charge on any atom is 0.263 e. The van der Waals surface area contributed by atoms with Crippen molar-refractivity contribution in [2.24, 2.45) is 0 Å². The Balaban J connectivity index is 2.09. The van der Waals surface area contributed by atoms with Gasteiger partial charge < -0.3 is 9.64 Å². The van der Waals surface area contributed by atoms with Crippen LogP contribution in [-0.4, -0.2) is 30.0 Å². The van der Waals surface area contributed by atoms with Gasteiger partial charge in [0, 0.05) is 13.1 Å². The van der Waals surface area contributed by atoms with Gasteiger partial charge in [-0.05, 0) is 49.8 Å². The molecule has 1 atom stereocenters. The highest BCUT2D eigenvalue weighted by atomic mass is 16.5. The lowest BCUT2D eigenvalue weighted by atomic mass is 10.0. The molecular weight excluding hydrogens is 274 g/mol. The van der Waals surface area contributed by atoms with Crippen molar-refractivity contribution in [2.75, 3.05) is 13.1 Å². The second-order valence-electron chi connectivity index (χ2n) is 6.70. The van der Waals surface area contributed by atoms with Crippen LogP contribution in [0.3, 0.4) is 0 Å². The van der Waals surface area contributed by atoms with E-state index in [4.69, 9.17) is 4.74 Å². The Morgan fingerprint density at radius 2 is 1.73 bits per heavy atom. The molecule has 22 heavy (non-hydrogen) atoms. The van der Waals surface area contributed by atoms with Crippen LogP contribution in [0.4, 0.5) is 0 Å². The molecule has 1 aliphatic rings. The van der Waals surface area contributed by atoms with Crippen LogP contribution in [-0.2, 0) is 4.79 Å². The number of carbonyl (C=O) groups is 1. The van der Waals surface area contributed by atoms with Crippen molar-refractivity contribution in [3.05, 3.63) is 29.3 Å². The van der Waals surface area contributed by atoms with Gasteiger partial charge in [0.05, 0.1) is 0 Å². The fourth-order valence-corrected chi connectivity index (χ4v) is 3.01. The minimum absolute atomic E-state index is 0.123. The molecule has 1 saturated heterocycles.